The van der Waals surface area contributed by atoms with Gasteiger partial charge in [0.05, 0.1) is 5.02 Å². The number of anilines is 1. The molecule has 0 radical (unpaired) electrons. The van der Waals surface area contributed by atoms with Crippen molar-refractivity contribution in [3.8, 4) is 0 Å². The van der Waals surface area contributed by atoms with Gasteiger partial charge in [0.1, 0.15) is 4.90 Å². The number of hydrogen-bond acceptors (Lipinski definition) is 3. The monoisotopic (exact) mass is 377 g/mol. The van der Waals surface area contributed by atoms with Gasteiger partial charge in [0, 0.05) is 28.2 Å². The van der Waals surface area contributed by atoms with Crippen LogP contribution >= 0.6 is 23.2 Å². The molecule has 0 unspecified atom stereocenters. The van der Waals surface area contributed by atoms with Crippen LogP contribution in [0.25, 0.3) is 10.9 Å². The van der Waals surface area contributed by atoms with Gasteiger partial charge in [-0.25, -0.2) is 12.8 Å². The molecule has 3 rings (SSSR count). The smallest absolute Gasteiger partial charge is 0.265 e. The van der Waals surface area contributed by atoms with Crippen molar-refractivity contribution in [1.82, 2.24) is 9.97 Å². The fraction of sp³-hybridized carbons (Fsp3) is 0. The lowest BCUT2D eigenvalue weighted by atomic mass is 10.2. The summed E-state index contributed by atoms with van der Waals surface area (Å²) in [5.41, 5.74) is 0.480. The molecule has 23 heavy (non-hydrogen) atoms. The van der Waals surface area contributed by atoms with Crippen LogP contribution in [0, 0.1) is 11.8 Å². The minimum Gasteiger partial charge on any atom is -0.360 e. The summed E-state index contributed by atoms with van der Waals surface area (Å²) in [6.07, 6.45) is 1.22. The maximum absolute atomic E-state index is 13.7. The first-order valence-electron chi connectivity index (χ1n) is 6.09. The highest BCUT2D eigenvalue weighted by Crippen LogP contribution is 2.28. The lowest BCUT2D eigenvalue weighted by molar-refractivity contribution is 0.564. The number of benzene rings is 1. The van der Waals surface area contributed by atoms with Crippen molar-refractivity contribution < 1.29 is 17.2 Å². The molecule has 0 saturated heterocycles. The van der Waals surface area contributed by atoms with Crippen LogP contribution < -0.4 is 4.72 Å². The highest BCUT2D eigenvalue weighted by Gasteiger charge is 2.22. The zero-order chi connectivity index (χ0) is 16.8. The van der Waals surface area contributed by atoms with E-state index in [0.717, 1.165) is 0 Å². The predicted octanol–water partition coefficient (Wildman–Crippen LogP) is 3.95. The van der Waals surface area contributed by atoms with Crippen molar-refractivity contribution in [3.05, 3.63) is 52.3 Å². The van der Waals surface area contributed by atoms with Gasteiger partial charge in [-0.15, -0.1) is 0 Å². The number of fused-ring (bicyclic) bond motifs is 1. The molecule has 1 aromatic carbocycles. The number of hydrogen-bond donors (Lipinski definition) is 2. The molecule has 0 atom stereocenters. The molecule has 0 amide bonds. The van der Waals surface area contributed by atoms with Crippen molar-refractivity contribution in [1.29, 1.82) is 0 Å². The second-order valence-electron chi connectivity index (χ2n) is 4.54. The number of nitrogens with one attached hydrogen (secondary N) is 2. The number of pyridine rings is 1. The van der Waals surface area contributed by atoms with Crippen LogP contribution in [-0.4, -0.2) is 18.4 Å². The molecule has 0 aliphatic heterocycles. The van der Waals surface area contributed by atoms with E-state index >= 15 is 0 Å². The van der Waals surface area contributed by atoms with Crippen LogP contribution in [0.3, 0.4) is 0 Å². The lowest BCUT2D eigenvalue weighted by Crippen LogP contribution is -2.15. The highest BCUT2D eigenvalue weighted by molar-refractivity contribution is 7.93. The summed E-state index contributed by atoms with van der Waals surface area (Å²) in [6.45, 7) is 0. The fourth-order valence-corrected chi connectivity index (χ4v) is 3.49. The standard InChI is InChI=1S/C13H7Cl2F2N3O2S/c14-6-1-2-7-10(3-6)18-5-11(7)23(21,22)20-13-9(16)4-8(15)12(17)19-13/h1-5,18H,(H,19,20). The molecule has 5 nitrogen and oxygen atoms in total. The van der Waals surface area contributed by atoms with Gasteiger partial charge in [0.15, 0.2) is 11.6 Å². The second kappa shape index (κ2) is 5.63. The van der Waals surface area contributed by atoms with Crippen LogP contribution in [0.5, 0.6) is 0 Å². The van der Waals surface area contributed by atoms with Gasteiger partial charge in [-0.05, 0) is 18.2 Å². The first-order valence-corrected chi connectivity index (χ1v) is 8.33. The number of rotatable bonds is 3. The number of nitrogens with zero attached hydrogens (tertiary/aromatic N) is 1. The average molecular weight is 378 g/mol. The van der Waals surface area contributed by atoms with Crippen molar-refractivity contribution in [2.24, 2.45) is 0 Å². The Morgan fingerprint density at radius 2 is 1.91 bits per heavy atom. The van der Waals surface area contributed by atoms with Crippen molar-refractivity contribution in [2.75, 3.05) is 4.72 Å². The number of H-pyrrole nitrogens is 1. The Kier molecular flexibility index (Phi) is 3.91. The Labute approximate surface area is 139 Å². The van der Waals surface area contributed by atoms with E-state index in [9.17, 15) is 17.2 Å². The summed E-state index contributed by atoms with van der Waals surface area (Å²) < 4.78 is 53.7. The number of aromatic amines is 1. The van der Waals surface area contributed by atoms with E-state index in [1.54, 1.807) is 0 Å². The van der Waals surface area contributed by atoms with Crippen LogP contribution in [0.2, 0.25) is 10.0 Å². The SMILES string of the molecule is O=S(=O)(Nc1nc(F)c(Cl)cc1F)c1c[nH]c2cc(Cl)ccc12. The topological polar surface area (TPSA) is 74.8 Å². The zero-order valence-corrected chi connectivity index (χ0v) is 13.4. The third-order valence-electron chi connectivity index (χ3n) is 3.01. The second-order valence-corrected chi connectivity index (χ2v) is 7.03. The molecule has 0 saturated carbocycles. The number of sulfonamides is 1. The van der Waals surface area contributed by atoms with Gasteiger partial charge in [0.25, 0.3) is 10.0 Å². The molecule has 10 heteroatoms. The molecule has 0 aliphatic rings. The van der Waals surface area contributed by atoms with E-state index in [1.807, 2.05) is 4.72 Å². The highest BCUT2D eigenvalue weighted by atomic mass is 35.5. The van der Waals surface area contributed by atoms with Gasteiger partial charge in [0.2, 0.25) is 5.95 Å². The van der Waals surface area contributed by atoms with E-state index in [0.29, 0.717) is 22.0 Å². The minimum absolute atomic E-state index is 0.152. The van der Waals surface area contributed by atoms with Crippen molar-refractivity contribution in [2.45, 2.75) is 4.90 Å². The van der Waals surface area contributed by atoms with Crippen LogP contribution in [-0.2, 0) is 10.0 Å². The van der Waals surface area contributed by atoms with Crippen molar-refractivity contribution >= 4 is 49.9 Å². The summed E-state index contributed by atoms with van der Waals surface area (Å²) in [4.78, 5) is 5.76. The molecule has 2 heterocycles. The van der Waals surface area contributed by atoms with Gasteiger partial charge in [-0.2, -0.15) is 9.37 Å². The Hall–Kier alpha value is -1.90. The van der Waals surface area contributed by atoms with E-state index < -0.39 is 32.6 Å². The minimum atomic E-state index is -4.20. The third-order valence-corrected chi connectivity index (χ3v) is 4.89. The van der Waals surface area contributed by atoms with E-state index in [1.165, 1.54) is 24.4 Å². The molecular weight excluding hydrogens is 371 g/mol. The first kappa shape index (κ1) is 16.0. The quantitative estimate of drug-likeness (QED) is 0.678. The molecule has 0 fully saturated rings. The molecule has 120 valence electrons. The molecule has 3 aromatic rings. The third kappa shape index (κ3) is 2.97. The van der Waals surface area contributed by atoms with Gasteiger partial charge in [-0.1, -0.05) is 23.2 Å². The molecular formula is C13H7Cl2F2N3O2S. The molecule has 0 bridgehead atoms. The lowest BCUT2D eigenvalue weighted by Gasteiger charge is -2.08. The molecule has 0 spiro atoms. The number of aromatic nitrogens is 2. The van der Waals surface area contributed by atoms with E-state index in [-0.39, 0.29) is 4.90 Å². The Morgan fingerprint density at radius 1 is 1.17 bits per heavy atom. The van der Waals surface area contributed by atoms with Gasteiger partial charge >= 0.3 is 0 Å². The van der Waals surface area contributed by atoms with Crippen LogP contribution in [0.15, 0.2) is 35.4 Å². The van der Waals surface area contributed by atoms with E-state index in [4.69, 9.17) is 23.2 Å². The van der Waals surface area contributed by atoms with Gasteiger partial charge < -0.3 is 4.98 Å². The Morgan fingerprint density at radius 3 is 2.65 bits per heavy atom. The summed E-state index contributed by atoms with van der Waals surface area (Å²) in [6, 6.07) is 5.18. The van der Waals surface area contributed by atoms with Gasteiger partial charge in [-0.3, -0.25) is 4.72 Å². The maximum atomic E-state index is 13.7. The molecule has 2 aromatic heterocycles. The zero-order valence-electron chi connectivity index (χ0n) is 11.1. The largest absolute Gasteiger partial charge is 0.360 e. The maximum Gasteiger partial charge on any atom is 0.265 e. The average Bonchev–Trinajstić information content (AvgIpc) is 2.88. The fourth-order valence-electron chi connectivity index (χ4n) is 1.99. The van der Waals surface area contributed by atoms with Crippen molar-refractivity contribution in [3.63, 3.8) is 0 Å². The summed E-state index contributed by atoms with van der Waals surface area (Å²) in [5.74, 6) is -3.06. The molecule has 2 N–H and O–H groups in total. The Bertz CT molecular complexity index is 1020. The summed E-state index contributed by atoms with van der Waals surface area (Å²) in [7, 11) is -4.20. The van der Waals surface area contributed by atoms with E-state index in [2.05, 4.69) is 9.97 Å². The predicted molar refractivity (Wildman–Crippen MR) is 83.3 cm³/mol. The van der Waals surface area contributed by atoms with Crippen LogP contribution in [0.4, 0.5) is 14.6 Å². The number of halogens is 4. The van der Waals surface area contributed by atoms with Crippen LogP contribution in [0.1, 0.15) is 0 Å². The normalized spacial score (nSPS) is 11.8. The Balaban J connectivity index is 2.06. The molecule has 0 aliphatic carbocycles. The summed E-state index contributed by atoms with van der Waals surface area (Å²) in [5, 5.41) is 0.215. The first-order chi connectivity index (χ1) is 10.8. The summed E-state index contributed by atoms with van der Waals surface area (Å²) >= 11 is 11.2.